The van der Waals surface area contributed by atoms with Crippen LogP contribution < -0.4 is 11.1 Å². The fourth-order valence-corrected chi connectivity index (χ4v) is 4.80. The minimum atomic E-state index is -3.78. The van der Waals surface area contributed by atoms with Crippen molar-refractivity contribution >= 4 is 27.0 Å². The minimum absolute atomic E-state index is 0.0623. The van der Waals surface area contributed by atoms with Crippen molar-refractivity contribution in [1.29, 1.82) is 0 Å². The van der Waals surface area contributed by atoms with Crippen molar-refractivity contribution in [3.63, 3.8) is 0 Å². The van der Waals surface area contributed by atoms with Gasteiger partial charge in [-0.1, -0.05) is 6.92 Å². The van der Waals surface area contributed by atoms with Gasteiger partial charge in [0.1, 0.15) is 0 Å². The Bertz CT molecular complexity index is 1010. The van der Waals surface area contributed by atoms with Crippen LogP contribution in [-0.4, -0.2) is 42.3 Å². The molecule has 1 aromatic carbocycles. The van der Waals surface area contributed by atoms with Crippen LogP contribution in [0.4, 0.5) is 0 Å². The molecule has 1 N–H and O–H groups in total. The smallest absolute Gasteiger partial charge is 0.408 e. The topological polar surface area (TPSA) is 102 Å². The van der Waals surface area contributed by atoms with E-state index in [1.165, 1.54) is 21.0 Å². The molecule has 27 heavy (non-hydrogen) atoms. The van der Waals surface area contributed by atoms with Crippen molar-refractivity contribution in [3.8, 4) is 0 Å². The maximum atomic E-state index is 13.0. The van der Waals surface area contributed by atoms with Crippen LogP contribution in [0.25, 0.3) is 11.1 Å². The normalized spacial score (nSPS) is 19.9. The number of piperidine rings is 1. The Hall–Kier alpha value is -2.13. The number of nitrogens with zero attached hydrogens (tertiary/aromatic N) is 2. The fraction of sp³-hybridized carbons (Fsp3) is 0.556. The number of sulfonamides is 1. The molecule has 2 atom stereocenters. The maximum absolute atomic E-state index is 13.0. The predicted molar refractivity (Wildman–Crippen MR) is 101 cm³/mol. The molecule has 1 amide bonds. The van der Waals surface area contributed by atoms with Gasteiger partial charge >= 0.3 is 5.76 Å². The first-order valence-electron chi connectivity index (χ1n) is 9.14. The molecule has 148 valence electrons. The summed E-state index contributed by atoms with van der Waals surface area (Å²) in [5.41, 5.74) is 0.759. The summed E-state index contributed by atoms with van der Waals surface area (Å²) in [6.45, 7) is 4.44. The molecule has 0 bridgehead atoms. The molecule has 1 fully saturated rings. The molecule has 1 saturated heterocycles. The number of rotatable bonds is 5. The van der Waals surface area contributed by atoms with Gasteiger partial charge in [-0.3, -0.25) is 9.36 Å². The van der Waals surface area contributed by atoms with Gasteiger partial charge in [0.2, 0.25) is 15.9 Å². The number of aromatic nitrogens is 1. The number of carbonyl (C=O) groups is 1. The molecular weight excluding hydrogens is 370 g/mol. The highest BCUT2D eigenvalue weighted by Gasteiger charge is 2.33. The molecule has 0 spiro atoms. The highest BCUT2D eigenvalue weighted by atomic mass is 32.2. The molecule has 3 rings (SSSR count). The third kappa shape index (κ3) is 3.79. The van der Waals surface area contributed by atoms with E-state index in [2.05, 4.69) is 5.32 Å². The van der Waals surface area contributed by atoms with Gasteiger partial charge in [-0.05, 0) is 38.3 Å². The zero-order chi connectivity index (χ0) is 19.8. The van der Waals surface area contributed by atoms with E-state index in [4.69, 9.17) is 4.42 Å². The third-order valence-corrected chi connectivity index (χ3v) is 7.02. The summed E-state index contributed by atoms with van der Waals surface area (Å²) >= 11 is 0. The van der Waals surface area contributed by atoms with Crippen molar-refractivity contribution < 1.29 is 17.6 Å². The number of nitrogens with one attached hydrogen (secondary N) is 1. The lowest BCUT2D eigenvalue weighted by Crippen LogP contribution is -2.46. The van der Waals surface area contributed by atoms with Gasteiger partial charge in [0.15, 0.2) is 5.58 Å². The monoisotopic (exact) mass is 395 g/mol. The minimum Gasteiger partial charge on any atom is -0.408 e. The Balaban J connectivity index is 1.84. The molecule has 1 aliphatic rings. The van der Waals surface area contributed by atoms with E-state index < -0.39 is 15.8 Å². The number of oxazole rings is 1. The van der Waals surface area contributed by atoms with Gasteiger partial charge in [0, 0.05) is 32.2 Å². The van der Waals surface area contributed by atoms with Crippen LogP contribution in [0.3, 0.4) is 0 Å². The molecule has 2 heterocycles. The van der Waals surface area contributed by atoms with Gasteiger partial charge in [-0.25, -0.2) is 13.2 Å². The van der Waals surface area contributed by atoms with E-state index >= 15 is 0 Å². The van der Waals surface area contributed by atoms with Crippen LogP contribution >= 0.6 is 0 Å². The average Bonchev–Trinajstić information content (AvgIpc) is 2.95. The quantitative estimate of drug-likeness (QED) is 0.826. The molecule has 0 radical (unpaired) electrons. The van der Waals surface area contributed by atoms with Crippen LogP contribution in [0, 0.1) is 5.92 Å². The summed E-state index contributed by atoms with van der Waals surface area (Å²) in [7, 11) is -2.21. The first kappa shape index (κ1) is 19.6. The van der Waals surface area contributed by atoms with E-state index in [0.29, 0.717) is 24.9 Å². The van der Waals surface area contributed by atoms with E-state index in [0.717, 1.165) is 6.42 Å². The van der Waals surface area contributed by atoms with E-state index in [9.17, 15) is 18.0 Å². The lowest BCUT2D eigenvalue weighted by Gasteiger charge is -2.31. The molecule has 8 nitrogen and oxygen atoms in total. The molecule has 2 aromatic rings. The number of hydrogen-bond donors (Lipinski definition) is 1. The second-order valence-electron chi connectivity index (χ2n) is 7.08. The molecule has 0 unspecified atom stereocenters. The molecule has 0 saturated carbocycles. The summed E-state index contributed by atoms with van der Waals surface area (Å²) in [4.78, 5) is 24.1. The number of benzene rings is 1. The number of aryl methyl sites for hydroxylation is 1. The van der Waals surface area contributed by atoms with Crippen LogP contribution in [0.1, 0.15) is 33.1 Å². The predicted octanol–water partition coefficient (Wildman–Crippen LogP) is 1.45. The Kier molecular flexibility index (Phi) is 5.43. The van der Waals surface area contributed by atoms with Gasteiger partial charge < -0.3 is 9.73 Å². The molecule has 9 heteroatoms. The highest BCUT2D eigenvalue weighted by Crippen LogP contribution is 2.26. The van der Waals surface area contributed by atoms with Crippen molar-refractivity contribution in [3.05, 3.63) is 28.7 Å². The summed E-state index contributed by atoms with van der Waals surface area (Å²) in [5.74, 6) is -1.01. The second-order valence-corrected chi connectivity index (χ2v) is 9.01. The van der Waals surface area contributed by atoms with Gasteiger partial charge in [-0.2, -0.15) is 4.31 Å². The standard InChI is InChI=1S/C18H25N3O5S/c1-4-12(2)19-17(22)13-6-5-9-21(11-13)27(24,25)14-7-8-15-16(10-14)26-18(23)20(15)3/h7-8,10,12-13H,4-6,9,11H2,1-3H3,(H,19,22)/t12-,13+/m1/s1. The van der Waals surface area contributed by atoms with Crippen molar-refractivity contribution in [2.45, 2.75) is 44.0 Å². The zero-order valence-electron chi connectivity index (χ0n) is 15.8. The van der Waals surface area contributed by atoms with Gasteiger partial charge in [0.05, 0.1) is 16.3 Å². The van der Waals surface area contributed by atoms with Crippen molar-refractivity contribution in [2.75, 3.05) is 13.1 Å². The lowest BCUT2D eigenvalue weighted by atomic mass is 9.98. The number of fused-ring (bicyclic) bond motifs is 1. The van der Waals surface area contributed by atoms with Crippen molar-refractivity contribution in [2.24, 2.45) is 13.0 Å². The lowest BCUT2D eigenvalue weighted by molar-refractivity contribution is -0.126. The Morgan fingerprint density at radius 3 is 2.85 bits per heavy atom. The average molecular weight is 395 g/mol. The molecular formula is C18H25N3O5S. The summed E-state index contributed by atoms with van der Waals surface area (Å²) in [6, 6.07) is 4.46. The third-order valence-electron chi connectivity index (χ3n) is 5.16. The summed E-state index contributed by atoms with van der Waals surface area (Å²) in [6.07, 6.45) is 2.12. The maximum Gasteiger partial charge on any atom is 0.419 e. The SMILES string of the molecule is CC[C@@H](C)NC(=O)[C@H]1CCCN(S(=O)(=O)c2ccc3c(c2)oc(=O)n3C)C1. The summed E-state index contributed by atoms with van der Waals surface area (Å²) < 4.78 is 33.8. The first-order valence-corrected chi connectivity index (χ1v) is 10.6. The number of amides is 1. The van der Waals surface area contributed by atoms with E-state index in [-0.39, 0.29) is 34.9 Å². The first-order chi connectivity index (χ1) is 12.7. The van der Waals surface area contributed by atoms with Crippen LogP contribution in [0.15, 0.2) is 32.3 Å². The molecule has 0 aliphatic carbocycles. The Morgan fingerprint density at radius 1 is 1.41 bits per heavy atom. The van der Waals surface area contributed by atoms with Crippen molar-refractivity contribution in [1.82, 2.24) is 14.2 Å². The molecule has 1 aromatic heterocycles. The van der Waals surface area contributed by atoms with E-state index in [1.807, 2.05) is 13.8 Å². The highest BCUT2D eigenvalue weighted by molar-refractivity contribution is 7.89. The molecule has 1 aliphatic heterocycles. The van der Waals surface area contributed by atoms with Crippen LogP contribution in [0.5, 0.6) is 0 Å². The van der Waals surface area contributed by atoms with Gasteiger partial charge in [-0.15, -0.1) is 0 Å². The number of carbonyl (C=O) groups excluding carboxylic acids is 1. The Labute approximate surface area is 158 Å². The van der Waals surface area contributed by atoms with Gasteiger partial charge in [0.25, 0.3) is 0 Å². The van der Waals surface area contributed by atoms with Crippen LogP contribution in [-0.2, 0) is 21.9 Å². The van der Waals surface area contributed by atoms with E-state index in [1.54, 1.807) is 13.1 Å². The zero-order valence-corrected chi connectivity index (χ0v) is 16.6. The largest absolute Gasteiger partial charge is 0.419 e. The fourth-order valence-electron chi connectivity index (χ4n) is 3.26. The second kappa shape index (κ2) is 7.47. The Morgan fingerprint density at radius 2 is 2.15 bits per heavy atom. The summed E-state index contributed by atoms with van der Waals surface area (Å²) in [5, 5.41) is 2.93. The number of hydrogen-bond acceptors (Lipinski definition) is 5. The van der Waals surface area contributed by atoms with Crippen LogP contribution in [0.2, 0.25) is 0 Å².